The van der Waals surface area contributed by atoms with Crippen LogP contribution in [0.3, 0.4) is 0 Å². The maximum atomic E-state index is 13.6. The number of hydrogen-bond acceptors (Lipinski definition) is 1. The summed E-state index contributed by atoms with van der Waals surface area (Å²) in [5, 5.41) is 10.2. The molecule has 0 spiro atoms. The van der Waals surface area contributed by atoms with E-state index in [-0.39, 0.29) is 5.82 Å². The molecule has 0 saturated heterocycles. The Labute approximate surface area is 119 Å². The molecule has 2 aromatic rings. The van der Waals surface area contributed by atoms with Crippen molar-refractivity contribution in [2.24, 2.45) is 0 Å². The lowest BCUT2D eigenvalue weighted by Crippen LogP contribution is -2.06. The molecule has 0 aliphatic rings. The molecule has 1 atom stereocenters. The predicted molar refractivity (Wildman–Crippen MR) is 71.4 cm³/mol. The molecule has 1 nitrogen and oxygen atoms in total. The van der Waals surface area contributed by atoms with Crippen molar-refractivity contribution >= 4 is 0 Å². The van der Waals surface area contributed by atoms with Crippen LogP contribution in [0.1, 0.15) is 33.9 Å². The first kappa shape index (κ1) is 15.5. The molecule has 0 aliphatic carbocycles. The van der Waals surface area contributed by atoms with Crippen molar-refractivity contribution < 1.29 is 22.7 Å². The molecule has 0 bridgehead atoms. The predicted octanol–water partition coefficient (Wildman–Crippen LogP) is 4.54. The normalized spacial score (nSPS) is 13.3. The van der Waals surface area contributed by atoms with Crippen LogP contribution in [0, 0.1) is 19.7 Å². The van der Waals surface area contributed by atoms with Gasteiger partial charge in [0.25, 0.3) is 0 Å². The van der Waals surface area contributed by atoms with Crippen molar-refractivity contribution in [1.29, 1.82) is 0 Å². The van der Waals surface area contributed by atoms with Gasteiger partial charge in [-0.15, -0.1) is 0 Å². The van der Waals surface area contributed by atoms with Gasteiger partial charge in [0, 0.05) is 0 Å². The molecule has 0 amide bonds. The minimum absolute atomic E-state index is 0.327. The van der Waals surface area contributed by atoms with Crippen molar-refractivity contribution in [2.75, 3.05) is 0 Å². The van der Waals surface area contributed by atoms with Crippen molar-refractivity contribution in [1.82, 2.24) is 0 Å². The number of aliphatic hydroxyl groups excluding tert-OH is 1. The molecule has 1 N–H and O–H groups in total. The summed E-state index contributed by atoms with van der Waals surface area (Å²) in [6, 6.07) is 7.27. The zero-order valence-electron chi connectivity index (χ0n) is 11.5. The minimum Gasteiger partial charge on any atom is -0.384 e. The third kappa shape index (κ3) is 3.24. The zero-order chi connectivity index (χ0) is 15.8. The molecular formula is C16H14F4O. The highest BCUT2D eigenvalue weighted by molar-refractivity contribution is 5.37. The van der Waals surface area contributed by atoms with E-state index in [0.29, 0.717) is 22.3 Å². The van der Waals surface area contributed by atoms with Gasteiger partial charge in [0.15, 0.2) is 0 Å². The number of benzene rings is 2. The topological polar surface area (TPSA) is 20.2 Å². The molecule has 0 radical (unpaired) electrons. The molecule has 112 valence electrons. The second-order valence-corrected chi connectivity index (χ2v) is 4.99. The summed E-state index contributed by atoms with van der Waals surface area (Å²) in [6.07, 6.45) is -5.50. The number of rotatable bonds is 2. The van der Waals surface area contributed by atoms with Crippen LogP contribution in [-0.2, 0) is 6.18 Å². The van der Waals surface area contributed by atoms with E-state index in [1.165, 1.54) is 24.3 Å². The third-order valence-electron chi connectivity index (χ3n) is 3.33. The van der Waals surface area contributed by atoms with E-state index in [4.69, 9.17) is 0 Å². The number of alkyl halides is 3. The Morgan fingerprint density at radius 3 is 1.81 bits per heavy atom. The van der Waals surface area contributed by atoms with E-state index < -0.39 is 17.8 Å². The Morgan fingerprint density at radius 1 is 0.905 bits per heavy atom. The lowest BCUT2D eigenvalue weighted by Gasteiger charge is -2.15. The largest absolute Gasteiger partial charge is 0.416 e. The summed E-state index contributed by atoms with van der Waals surface area (Å²) in [4.78, 5) is 0. The molecule has 0 heterocycles. The first-order chi connectivity index (χ1) is 9.70. The van der Waals surface area contributed by atoms with Gasteiger partial charge >= 0.3 is 6.18 Å². The highest BCUT2D eigenvalue weighted by Gasteiger charge is 2.30. The molecule has 2 aromatic carbocycles. The van der Waals surface area contributed by atoms with Crippen molar-refractivity contribution in [3.63, 3.8) is 0 Å². The van der Waals surface area contributed by atoms with Gasteiger partial charge in [0.1, 0.15) is 11.9 Å². The van der Waals surface area contributed by atoms with Gasteiger partial charge in [-0.2, -0.15) is 13.2 Å². The third-order valence-corrected chi connectivity index (χ3v) is 3.33. The van der Waals surface area contributed by atoms with Crippen LogP contribution in [0.4, 0.5) is 17.6 Å². The molecule has 5 heteroatoms. The summed E-state index contributed by atoms with van der Waals surface area (Å²) in [6.45, 7) is 3.15. The van der Waals surface area contributed by atoms with Crippen molar-refractivity contribution in [2.45, 2.75) is 26.1 Å². The van der Waals surface area contributed by atoms with Crippen molar-refractivity contribution in [3.05, 3.63) is 70.0 Å². The highest BCUT2D eigenvalue weighted by atomic mass is 19.4. The van der Waals surface area contributed by atoms with Crippen LogP contribution in [0.25, 0.3) is 0 Å². The average molecular weight is 298 g/mol. The van der Waals surface area contributed by atoms with Crippen LogP contribution in [0.5, 0.6) is 0 Å². The molecule has 0 aliphatic heterocycles. The number of aryl methyl sites for hydroxylation is 2. The first-order valence-corrected chi connectivity index (χ1v) is 6.32. The van der Waals surface area contributed by atoms with Crippen LogP contribution in [0.2, 0.25) is 0 Å². The summed E-state index contributed by atoms with van der Waals surface area (Å²) in [5.41, 5.74) is 0.774. The first-order valence-electron chi connectivity index (χ1n) is 6.32. The fourth-order valence-corrected chi connectivity index (χ4v) is 2.18. The second-order valence-electron chi connectivity index (χ2n) is 4.99. The standard InChI is InChI=1S/C16H14F4O/c1-9-7-12(8-10(2)14(9)17)15(21)11-3-5-13(6-4-11)16(18,19)20/h3-8,15,21H,1-2H3. The van der Waals surface area contributed by atoms with Gasteiger partial charge in [-0.05, 0) is 48.2 Å². The van der Waals surface area contributed by atoms with E-state index in [9.17, 15) is 22.7 Å². The summed E-state index contributed by atoms with van der Waals surface area (Å²) in [7, 11) is 0. The Hall–Kier alpha value is -1.88. The summed E-state index contributed by atoms with van der Waals surface area (Å²) in [5.74, 6) is -0.349. The maximum Gasteiger partial charge on any atom is 0.416 e. The van der Waals surface area contributed by atoms with Gasteiger partial charge in [0.2, 0.25) is 0 Å². The fourth-order valence-electron chi connectivity index (χ4n) is 2.18. The Kier molecular flexibility index (Phi) is 4.05. The SMILES string of the molecule is Cc1cc(C(O)c2ccc(C(F)(F)F)cc2)cc(C)c1F. The quantitative estimate of drug-likeness (QED) is 0.807. The molecule has 2 rings (SSSR count). The van der Waals surface area contributed by atoms with E-state index >= 15 is 0 Å². The summed E-state index contributed by atoms with van der Waals surface area (Å²) >= 11 is 0. The lowest BCUT2D eigenvalue weighted by molar-refractivity contribution is -0.137. The molecule has 0 saturated carbocycles. The van der Waals surface area contributed by atoms with Gasteiger partial charge in [-0.1, -0.05) is 24.3 Å². The average Bonchev–Trinajstić information content (AvgIpc) is 2.42. The lowest BCUT2D eigenvalue weighted by atomic mass is 9.97. The van der Waals surface area contributed by atoms with E-state index in [2.05, 4.69) is 0 Å². The minimum atomic E-state index is -4.41. The van der Waals surface area contributed by atoms with Crippen LogP contribution in [0.15, 0.2) is 36.4 Å². The van der Waals surface area contributed by atoms with Crippen LogP contribution < -0.4 is 0 Å². The number of halogens is 4. The molecular weight excluding hydrogens is 284 g/mol. The van der Waals surface area contributed by atoms with Gasteiger partial charge in [-0.25, -0.2) is 4.39 Å². The van der Waals surface area contributed by atoms with Gasteiger partial charge in [-0.3, -0.25) is 0 Å². The van der Waals surface area contributed by atoms with E-state index in [1.807, 2.05) is 0 Å². The number of aliphatic hydroxyl groups is 1. The Balaban J connectivity index is 2.34. The van der Waals surface area contributed by atoms with Crippen LogP contribution >= 0.6 is 0 Å². The zero-order valence-corrected chi connectivity index (χ0v) is 11.5. The van der Waals surface area contributed by atoms with E-state index in [0.717, 1.165) is 12.1 Å². The molecule has 1 unspecified atom stereocenters. The van der Waals surface area contributed by atoms with Gasteiger partial charge < -0.3 is 5.11 Å². The molecule has 0 aromatic heterocycles. The van der Waals surface area contributed by atoms with Gasteiger partial charge in [0.05, 0.1) is 5.56 Å². The maximum absolute atomic E-state index is 13.6. The highest BCUT2D eigenvalue weighted by Crippen LogP contribution is 2.31. The van der Waals surface area contributed by atoms with Crippen molar-refractivity contribution in [3.8, 4) is 0 Å². The Morgan fingerprint density at radius 2 is 1.38 bits per heavy atom. The second kappa shape index (κ2) is 5.48. The summed E-state index contributed by atoms with van der Waals surface area (Å²) < 4.78 is 51.0. The molecule has 21 heavy (non-hydrogen) atoms. The molecule has 0 fully saturated rings. The fraction of sp³-hybridized carbons (Fsp3) is 0.250. The Bertz CT molecular complexity index is 621. The monoisotopic (exact) mass is 298 g/mol. The van der Waals surface area contributed by atoms with E-state index in [1.54, 1.807) is 13.8 Å². The number of hydrogen-bond donors (Lipinski definition) is 1. The smallest absolute Gasteiger partial charge is 0.384 e. The van der Waals surface area contributed by atoms with Crippen LogP contribution in [-0.4, -0.2) is 5.11 Å².